The molecule has 9 nitrogen and oxygen atoms in total. The topological polar surface area (TPSA) is 135 Å². The summed E-state index contributed by atoms with van der Waals surface area (Å²) in [6.07, 6.45) is 2.84. The van der Waals surface area contributed by atoms with Gasteiger partial charge in [0, 0.05) is 6.07 Å². The van der Waals surface area contributed by atoms with Crippen LogP contribution in [0, 0.1) is 24.1 Å². The van der Waals surface area contributed by atoms with Crippen LogP contribution in [0.5, 0.6) is 0 Å². The summed E-state index contributed by atoms with van der Waals surface area (Å²) in [6, 6.07) is 7.51. The summed E-state index contributed by atoms with van der Waals surface area (Å²) < 4.78 is 15.3. The van der Waals surface area contributed by atoms with Crippen molar-refractivity contribution in [1.29, 1.82) is 5.26 Å². The van der Waals surface area contributed by atoms with Crippen molar-refractivity contribution in [3.63, 3.8) is 0 Å². The molecule has 0 aliphatic rings. The molecule has 0 aliphatic heterocycles. The largest absolute Gasteiger partial charge is 0.382 e. The van der Waals surface area contributed by atoms with Crippen LogP contribution in [0.1, 0.15) is 36.6 Å². The zero-order valence-electron chi connectivity index (χ0n) is 17.7. The van der Waals surface area contributed by atoms with Gasteiger partial charge in [-0.2, -0.15) is 5.26 Å². The van der Waals surface area contributed by atoms with E-state index < -0.39 is 17.4 Å². The number of rotatable bonds is 5. The fourth-order valence-electron chi connectivity index (χ4n) is 3.54. The highest BCUT2D eigenvalue weighted by molar-refractivity contribution is 6.35. The smallest absolute Gasteiger partial charge is 0.267 e. The van der Waals surface area contributed by atoms with E-state index in [0.717, 1.165) is 6.20 Å². The minimum atomic E-state index is -0.614. The molecule has 0 amide bonds. The fourth-order valence-corrected chi connectivity index (χ4v) is 3.79. The molecular weight excluding hydrogens is 447 g/mol. The molecule has 0 saturated heterocycles. The molecule has 3 N–H and O–H groups in total. The molecule has 11 heteroatoms. The zero-order chi connectivity index (χ0) is 23.7. The first-order valence-electron chi connectivity index (χ1n) is 9.96. The summed E-state index contributed by atoms with van der Waals surface area (Å²) in [7, 11) is 0. The standard InChI is InChI=1S/C22H18ClFN8O/c1-3-16(30-20-14(8-25)19(26)28-11(2)29-20)21-31-17-6-4-5-15(23)18(17)22(33)32(21)13-7-12(24)9-27-10-13/h4-7,9-10,16H,3H2,1-2H3,(H3,26,28,29,30)/t16-/m0/s1. The Morgan fingerprint density at radius 1 is 1.30 bits per heavy atom. The van der Waals surface area contributed by atoms with E-state index >= 15 is 0 Å². The van der Waals surface area contributed by atoms with E-state index in [1.54, 1.807) is 25.1 Å². The van der Waals surface area contributed by atoms with Crippen LogP contribution in [0.4, 0.5) is 16.0 Å². The van der Waals surface area contributed by atoms with Crippen molar-refractivity contribution in [3.05, 3.63) is 75.1 Å². The average Bonchev–Trinajstić information content (AvgIpc) is 2.77. The molecule has 0 bridgehead atoms. The van der Waals surface area contributed by atoms with Crippen molar-refractivity contribution in [2.75, 3.05) is 11.1 Å². The lowest BCUT2D eigenvalue weighted by Crippen LogP contribution is -2.29. The Morgan fingerprint density at radius 2 is 2.09 bits per heavy atom. The van der Waals surface area contributed by atoms with Gasteiger partial charge >= 0.3 is 0 Å². The Kier molecular flexibility index (Phi) is 5.89. The molecule has 0 spiro atoms. The van der Waals surface area contributed by atoms with Gasteiger partial charge in [0.1, 0.15) is 34.9 Å². The molecule has 166 valence electrons. The molecule has 0 fully saturated rings. The minimum absolute atomic E-state index is 0.0346. The van der Waals surface area contributed by atoms with Gasteiger partial charge < -0.3 is 11.1 Å². The van der Waals surface area contributed by atoms with Gasteiger partial charge in [0.15, 0.2) is 5.82 Å². The monoisotopic (exact) mass is 464 g/mol. The molecule has 0 saturated carbocycles. The Morgan fingerprint density at radius 3 is 2.79 bits per heavy atom. The van der Waals surface area contributed by atoms with Crippen molar-refractivity contribution in [2.45, 2.75) is 26.3 Å². The third kappa shape index (κ3) is 4.06. The quantitative estimate of drug-likeness (QED) is 0.456. The van der Waals surface area contributed by atoms with Crippen molar-refractivity contribution < 1.29 is 4.39 Å². The van der Waals surface area contributed by atoms with Crippen LogP contribution in [0.25, 0.3) is 16.6 Å². The van der Waals surface area contributed by atoms with Crippen molar-refractivity contribution in [1.82, 2.24) is 24.5 Å². The molecule has 0 aliphatic carbocycles. The van der Waals surface area contributed by atoms with Crippen molar-refractivity contribution in [3.8, 4) is 11.8 Å². The molecule has 0 radical (unpaired) electrons. The highest BCUT2D eigenvalue weighted by Gasteiger charge is 2.23. The third-order valence-corrected chi connectivity index (χ3v) is 5.33. The first-order chi connectivity index (χ1) is 15.8. The number of anilines is 2. The van der Waals surface area contributed by atoms with Crippen LogP contribution in [-0.4, -0.2) is 24.5 Å². The summed E-state index contributed by atoms with van der Waals surface area (Å²) in [4.78, 5) is 30.4. The Balaban J connectivity index is 1.99. The molecule has 0 unspecified atom stereocenters. The SMILES string of the molecule is CC[C@H](Nc1nc(C)nc(N)c1C#N)c1nc2cccc(Cl)c2c(=O)n1-c1cncc(F)c1. The molecule has 3 aromatic heterocycles. The lowest BCUT2D eigenvalue weighted by molar-refractivity contribution is 0.615. The van der Waals surface area contributed by atoms with Gasteiger partial charge in [-0.15, -0.1) is 0 Å². The highest BCUT2D eigenvalue weighted by Crippen LogP contribution is 2.28. The van der Waals surface area contributed by atoms with E-state index in [4.69, 9.17) is 17.3 Å². The van der Waals surface area contributed by atoms with Crippen molar-refractivity contribution >= 4 is 34.1 Å². The van der Waals surface area contributed by atoms with Crippen LogP contribution in [0.2, 0.25) is 5.02 Å². The molecule has 33 heavy (non-hydrogen) atoms. The van der Waals surface area contributed by atoms with Crippen LogP contribution in [-0.2, 0) is 0 Å². The number of halogens is 2. The second-order valence-electron chi connectivity index (χ2n) is 7.20. The second kappa shape index (κ2) is 8.80. The van der Waals surface area contributed by atoms with Crippen LogP contribution >= 0.6 is 11.6 Å². The fraction of sp³-hybridized carbons (Fsp3) is 0.182. The highest BCUT2D eigenvalue weighted by atomic mass is 35.5. The zero-order valence-corrected chi connectivity index (χ0v) is 18.4. The van der Waals surface area contributed by atoms with Gasteiger partial charge in [0.05, 0.1) is 40.0 Å². The molecule has 3 heterocycles. The van der Waals surface area contributed by atoms with Gasteiger partial charge in [0.25, 0.3) is 5.56 Å². The number of fused-ring (bicyclic) bond motifs is 1. The third-order valence-electron chi connectivity index (χ3n) is 5.01. The second-order valence-corrected chi connectivity index (χ2v) is 7.61. The lowest BCUT2D eigenvalue weighted by atomic mass is 10.1. The molecule has 4 aromatic rings. The van der Waals surface area contributed by atoms with Crippen LogP contribution in [0.15, 0.2) is 41.5 Å². The van der Waals surface area contributed by atoms with E-state index in [-0.39, 0.29) is 39.1 Å². The molecular formula is C22H18ClFN8O. The van der Waals surface area contributed by atoms with Crippen LogP contribution < -0.4 is 16.6 Å². The van der Waals surface area contributed by atoms with Gasteiger partial charge in [-0.3, -0.25) is 14.3 Å². The number of aryl methyl sites for hydroxylation is 1. The lowest BCUT2D eigenvalue weighted by Gasteiger charge is -2.23. The maximum atomic E-state index is 14.0. The summed E-state index contributed by atoms with van der Waals surface area (Å²) in [6.45, 7) is 3.51. The number of hydrogen-bond acceptors (Lipinski definition) is 8. The predicted octanol–water partition coefficient (Wildman–Crippen LogP) is 3.69. The number of nitriles is 1. The molecule has 1 atom stereocenters. The molecule has 4 rings (SSSR count). The summed E-state index contributed by atoms with van der Waals surface area (Å²) in [5.41, 5.74) is 6.05. The Bertz CT molecular complexity index is 1480. The van der Waals surface area contributed by atoms with Gasteiger partial charge in [-0.05, 0) is 25.5 Å². The summed E-state index contributed by atoms with van der Waals surface area (Å²) in [5.74, 6) is 0.264. The Labute approximate surface area is 192 Å². The Hall–Kier alpha value is -4.10. The average molecular weight is 465 g/mol. The first-order valence-corrected chi connectivity index (χ1v) is 10.3. The van der Waals surface area contributed by atoms with Gasteiger partial charge in [0.2, 0.25) is 0 Å². The normalized spacial score (nSPS) is 11.8. The van der Waals surface area contributed by atoms with E-state index in [1.807, 2.05) is 13.0 Å². The molecule has 1 aromatic carbocycles. The van der Waals surface area contributed by atoms with E-state index in [1.165, 1.54) is 16.8 Å². The van der Waals surface area contributed by atoms with E-state index in [9.17, 15) is 14.4 Å². The minimum Gasteiger partial charge on any atom is -0.382 e. The van der Waals surface area contributed by atoms with E-state index in [0.29, 0.717) is 17.8 Å². The van der Waals surface area contributed by atoms with Crippen molar-refractivity contribution in [2.24, 2.45) is 0 Å². The number of pyridine rings is 1. The summed E-state index contributed by atoms with van der Waals surface area (Å²) >= 11 is 6.30. The van der Waals surface area contributed by atoms with Gasteiger partial charge in [-0.1, -0.05) is 24.6 Å². The number of hydrogen-bond donors (Lipinski definition) is 2. The number of aromatic nitrogens is 5. The number of nitrogens with zero attached hydrogens (tertiary/aromatic N) is 6. The van der Waals surface area contributed by atoms with E-state index in [2.05, 4.69) is 25.3 Å². The number of nitrogens with one attached hydrogen (secondary N) is 1. The number of nitrogen functional groups attached to an aromatic ring is 1. The maximum absolute atomic E-state index is 14.0. The van der Waals surface area contributed by atoms with Gasteiger partial charge in [-0.25, -0.2) is 19.3 Å². The van der Waals surface area contributed by atoms with Crippen LogP contribution in [0.3, 0.4) is 0 Å². The maximum Gasteiger partial charge on any atom is 0.267 e. The number of benzene rings is 1. The first kappa shape index (κ1) is 22.1. The predicted molar refractivity (Wildman–Crippen MR) is 123 cm³/mol. The summed E-state index contributed by atoms with van der Waals surface area (Å²) in [5, 5.41) is 13.1. The number of nitrogens with two attached hydrogens (primary N) is 1.